The van der Waals surface area contributed by atoms with E-state index < -0.39 is 6.04 Å². The van der Waals surface area contributed by atoms with Crippen LogP contribution < -0.4 is 5.73 Å². The summed E-state index contributed by atoms with van der Waals surface area (Å²) < 4.78 is 1.79. The molecule has 0 aliphatic carbocycles. The lowest BCUT2D eigenvalue weighted by molar-refractivity contribution is 0.786. The van der Waals surface area contributed by atoms with E-state index in [9.17, 15) is 0 Å². The zero-order chi connectivity index (χ0) is 8.97. The molecule has 0 saturated carbocycles. The van der Waals surface area contributed by atoms with E-state index in [1.165, 1.54) is 11.8 Å². The first-order chi connectivity index (χ1) is 5.74. The Morgan fingerprint density at radius 1 is 1.92 bits per heavy atom. The predicted octanol–water partition coefficient (Wildman–Crippen LogP) is -0.242. The fourth-order valence-corrected chi connectivity index (χ4v) is 1.36. The summed E-state index contributed by atoms with van der Waals surface area (Å²) >= 11 is 1.43. The summed E-state index contributed by atoms with van der Waals surface area (Å²) in [5.74, 6) is 0.545. The highest BCUT2D eigenvalue weighted by Crippen LogP contribution is 2.13. The van der Waals surface area contributed by atoms with Crippen LogP contribution in [0.15, 0.2) is 11.5 Å². The smallest absolute Gasteiger partial charge is 0.190 e. The van der Waals surface area contributed by atoms with Crippen LogP contribution in [-0.2, 0) is 7.05 Å². The number of aromatic nitrogens is 3. The number of nitrogens with two attached hydrogens (primary N) is 1. The van der Waals surface area contributed by atoms with Crippen LogP contribution in [0, 0.1) is 11.3 Å². The molecule has 1 unspecified atom stereocenters. The molecule has 1 heterocycles. The van der Waals surface area contributed by atoms with Crippen LogP contribution in [0.5, 0.6) is 0 Å². The number of hydrogen-bond donors (Lipinski definition) is 1. The van der Waals surface area contributed by atoms with E-state index in [0.29, 0.717) is 5.75 Å². The number of nitrogens with zero attached hydrogens (tertiary/aromatic N) is 4. The fourth-order valence-electron chi connectivity index (χ4n) is 0.605. The van der Waals surface area contributed by atoms with Crippen molar-refractivity contribution >= 4 is 11.8 Å². The lowest BCUT2D eigenvalue weighted by atomic mass is 10.4. The highest BCUT2D eigenvalue weighted by atomic mass is 32.2. The molecule has 1 rings (SSSR count). The molecule has 0 saturated heterocycles. The van der Waals surface area contributed by atoms with E-state index in [0.717, 1.165) is 5.16 Å². The molecule has 0 spiro atoms. The van der Waals surface area contributed by atoms with Gasteiger partial charge < -0.3 is 10.3 Å². The van der Waals surface area contributed by atoms with E-state index in [4.69, 9.17) is 11.0 Å². The minimum atomic E-state index is -0.438. The van der Waals surface area contributed by atoms with Crippen molar-refractivity contribution in [3.63, 3.8) is 0 Å². The molecule has 0 aromatic carbocycles. The number of thioether (sulfide) groups is 1. The van der Waals surface area contributed by atoms with Gasteiger partial charge in [-0.15, -0.1) is 10.2 Å². The molecule has 1 aromatic heterocycles. The maximum absolute atomic E-state index is 8.40. The minimum Gasteiger partial charge on any atom is -0.315 e. The summed E-state index contributed by atoms with van der Waals surface area (Å²) in [5, 5.41) is 16.7. The molecule has 0 fully saturated rings. The molecule has 0 amide bonds. The largest absolute Gasteiger partial charge is 0.315 e. The molecular weight excluding hydrogens is 174 g/mol. The second kappa shape index (κ2) is 4.09. The lowest BCUT2D eigenvalue weighted by Gasteiger charge is -2.00. The van der Waals surface area contributed by atoms with Gasteiger partial charge in [0.15, 0.2) is 5.16 Å². The van der Waals surface area contributed by atoms with Gasteiger partial charge in [0.05, 0.1) is 6.07 Å². The zero-order valence-electron chi connectivity index (χ0n) is 6.64. The Balaban J connectivity index is 2.44. The minimum absolute atomic E-state index is 0.438. The van der Waals surface area contributed by atoms with Crippen molar-refractivity contribution in [1.82, 2.24) is 14.8 Å². The van der Waals surface area contributed by atoms with Crippen LogP contribution in [0.1, 0.15) is 0 Å². The topological polar surface area (TPSA) is 80.5 Å². The Morgan fingerprint density at radius 3 is 3.17 bits per heavy atom. The van der Waals surface area contributed by atoms with E-state index in [1.807, 2.05) is 13.1 Å². The SMILES string of the molecule is Cn1cnnc1SCC(N)C#N. The van der Waals surface area contributed by atoms with Gasteiger partial charge in [0.25, 0.3) is 0 Å². The Bertz CT molecular complexity index is 288. The average Bonchev–Trinajstić information content (AvgIpc) is 2.47. The molecule has 1 aromatic rings. The van der Waals surface area contributed by atoms with Crippen LogP contribution in [0.3, 0.4) is 0 Å². The molecule has 0 bridgehead atoms. The fraction of sp³-hybridized carbons (Fsp3) is 0.500. The van der Waals surface area contributed by atoms with Gasteiger partial charge in [-0.25, -0.2) is 0 Å². The van der Waals surface area contributed by atoms with Crippen LogP contribution in [-0.4, -0.2) is 26.6 Å². The summed E-state index contributed by atoms with van der Waals surface area (Å²) in [6.07, 6.45) is 1.61. The summed E-state index contributed by atoms with van der Waals surface area (Å²) in [5.41, 5.74) is 5.40. The number of rotatable bonds is 3. The van der Waals surface area contributed by atoms with Crippen LogP contribution in [0.2, 0.25) is 0 Å². The molecular formula is C6H9N5S. The standard InChI is InChI=1S/C6H9N5S/c1-11-4-9-10-6(11)12-3-5(8)2-7/h4-5H,3,8H2,1H3. The summed E-state index contributed by atoms with van der Waals surface area (Å²) in [4.78, 5) is 0. The van der Waals surface area contributed by atoms with Crippen molar-refractivity contribution in [2.24, 2.45) is 12.8 Å². The Hall–Kier alpha value is -1.06. The van der Waals surface area contributed by atoms with Crippen molar-refractivity contribution in [2.45, 2.75) is 11.2 Å². The molecule has 64 valence electrons. The van der Waals surface area contributed by atoms with E-state index >= 15 is 0 Å². The van der Waals surface area contributed by atoms with E-state index in [2.05, 4.69) is 10.2 Å². The first-order valence-electron chi connectivity index (χ1n) is 3.36. The van der Waals surface area contributed by atoms with Gasteiger partial charge in [-0.05, 0) is 0 Å². The van der Waals surface area contributed by atoms with Gasteiger partial charge in [0, 0.05) is 12.8 Å². The van der Waals surface area contributed by atoms with Crippen molar-refractivity contribution in [2.75, 3.05) is 5.75 Å². The average molecular weight is 183 g/mol. The number of hydrogen-bond acceptors (Lipinski definition) is 5. The molecule has 5 nitrogen and oxygen atoms in total. The Labute approximate surface area is 74.6 Å². The molecule has 2 N–H and O–H groups in total. The second-order valence-electron chi connectivity index (χ2n) is 2.27. The molecule has 6 heteroatoms. The summed E-state index contributed by atoms with van der Waals surface area (Å²) in [7, 11) is 1.85. The first kappa shape index (κ1) is 9.03. The van der Waals surface area contributed by atoms with Crippen LogP contribution in [0.4, 0.5) is 0 Å². The quantitative estimate of drug-likeness (QED) is 0.654. The summed E-state index contributed by atoms with van der Waals surface area (Å²) in [6, 6.07) is 1.51. The van der Waals surface area contributed by atoms with Crippen molar-refractivity contribution in [3.05, 3.63) is 6.33 Å². The Morgan fingerprint density at radius 2 is 2.67 bits per heavy atom. The van der Waals surface area contributed by atoms with Crippen LogP contribution >= 0.6 is 11.8 Å². The maximum Gasteiger partial charge on any atom is 0.190 e. The third-order valence-electron chi connectivity index (χ3n) is 1.23. The van der Waals surface area contributed by atoms with Gasteiger partial charge in [-0.1, -0.05) is 11.8 Å². The zero-order valence-corrected chi connectivity index (χ0v) is 7.45. The van der Waals surface area contributed by atoms with Crippen molar-refractivity contribution < 1.29 is 0 Å². The third-order valence-corrected chi connectivity index (χ3v) is 2.38. The summed E-state index contributed by atoms with van der Waals surface area (Å²) in [6.45, 7) is 0. The number of aryl methyl sites for hydroxylation is 1. The molecule has 1 atom stereocenters. The Kier molecular flexibility index (Phi) is 3.08. The van der Waals surface area contributed by atoms with Crippen molar-refractivity contribution in [3.8, 4) is 6.07 Å². The van der Waals surface area contributed by atoms with Gasteiger partial charge in [0.1, 0.15) is 12.4 Å². The van der Waals surface area contributed by atoms with Crippen molar-refractivity contribution in [1.29, 1.82) is 5.26 Å². The molecule has 12 heavy (non-hydrogen) atoms. The monoisotopic (exact) mass is 183 g/mol. The van der Waals surface area contributed by atoms with Gasteiger partial charge in [-0.2, -0.15) is 5.26 Å². The highest BCUT2D eigenvalue weighted by molar-refractivity contribution is 7.99. The maximum atomic E-state index is 8.40. The number of nitriles is 1. The van der Waals surface area contributed by atoms with Gasteiger partial charge in [-0.3, -0.25) is 0 Å². The normalized spacial score (nSPS) is 12.4. The van der Waals surface area contributed by atoms with E-state index in [1.54, 1.807) is 10.9 Å². The molecule has 0 aliphatic heterocycles. The molecule has 0 aliphatic rings. The lowest BCUT2D eigenvalue weighted by Crippen LogP contribution is -2.20. The highest BCUT2D eigenvalue weighted by Gasteiger charge is 2.04. The molecule has 0 radical (unpaired) electrons. The second-order valence-corrected chi connectivity index (χ2v) is 3.26. The first-order valence-corrected chi connectivity index (χ1v) is 4.34. The third kappa shape index (κ3) is 2.22. The van der Waals surface area contributed by atoms with E-state index in [-0.39, 0.29) is 0 Å². The predicted molar refractivity (Wildman–Crippen MR) is 45.3 cm³/mol. The van der Waals surface area contributed by atoms with Gasteiger partial charge >= 0.3 is 0 Å². The van der Waals surface area contributed by atoms with Crippen LogP contribution in [0.25, 0.3) is 0 Å². The van der Waals surface area contributed by atoms with Gasteiger partial charge in [0.2, 0.25) is 0 Å².